The average Bonchev–Trinajstić information content (AvgIpc) is 2.90. The van der Waals surface area contributed by atoms with E-state index in [0.717, 1.165) is 11.1 Å². The molecule has 0 aromatic heterocycles. The van der Waals surface area contributed by atoms with Crippen LogP contribution in [0.25, 0.3) is 0 Å². The fourth-order valence-electron chi connectivity index (χ4n) is 4.05. The summed E-state index contributed by atoms with van der Waals surface area (Å²) in [6, 6.07) is 17.5. The van der Waals surface area contributed by atoms with Crippen molar-refractivity contribution in [3.63, 3.8) is 0 Å². The summed E-state index contributed by atoms with van der Waals surface area (Å²) in [5, 5.41) is 10.4. The van der Waals surface area contributed by atoms with Crippen LogP contribution in [0, 0.1) is 18.3 Å². The Morgan fingerprint density at radius 2 is 1.92 bits per heavy atom. The first-order valence-corrected chi connectivity index (χ1v) is 11.9. The van der Waals surface area contributed by atoms with E-state index < -0.39 is 11.9 Å². The van der Waals surface area contributed by atoms with Crippen molar-refractivity contribution in [1.29, 1.82) is 5.26 Å². The molecule has 0 saturated carbocycles. The maximum absolute atomic E-state index is 12.4. The summed E-state index contributed by atoms with van der Waals surface area (Å²) < 4.78 is 27.9. The lowest BCUT2D eigenvalue weighted by molar-refractivity contribution is -0.136. The van der Waals surface area contributed by atoms with Crippen LogP contribution in [-0.2, 0) is 4.79 Å². The molecule has 0 bridgehead atoms. The van der Waals surface area contributed by atoms with E-state index in [1.807, 2.05) is 13.0 Å². The van der Waals surface area contributed by atoms with Crippen molar-refractivity contribution in [1.82, 2.24) is 0 Å². The molecule has 1 atom stereocenters. The lowest BCUT2D eigenvalue weighted by Gasteiger charge is -2.27. The number of nitrogens with zero attached hydrogens (tertiary/aromatic N) is 1. The van der Waals surface area contributed by atoms with Crippen LogP contribution in [0.3, 0.4) is 0 Å². The minimum Gasteiger partial charge on any atom is -0.493 e. The zero-order valence-electron chi connectivity index (χ0n) is 20.8. The molecule has 9 heteroatoms. The Labute approximate surface area is 225 Å². The fourth-order valence-corrected chi connectivity index (χ4v) is 4.27. The number of hydrogen-bond donors (Lipinski definition) is 1. The van der Waals surface area contributed by atoms with Crippen LogP contribution in [0.5, 0.6) is 28.7 Å². The van der Waals surface area contributed by atoms with Gasteiger partial charge in [-0.05, 0) is 54.4 Å². The van der Waals surface area contributed by atoms with Crippen molar-refractivity contribution < 1.29 is 28.5 Å². The third-order valence-corrected chi connectivity index (χ3v) is 6.02. The van der Waals surface area contributed by atoms with Gasteiger partial charge in [0.15, 0.2) is 18.1 Å². The zero-order chi connectivity index (χ0) is 27.2. The second-order valence-electron chi connectivity index (χ2n) is 8.31. The number of carbonyl (C=O) groups is 1. The van der Waals surface area contributed by atoms with Gasteiger partial charge < -0.3 is 29.4 Å². The summed E-state index contributed by atoms with van der Waals surface area (Å²) in [6.07, 6.45) is 1.63. The maximum atomic E-state index is 12.4. The van der Waals surface area contributed by atoms with E-state index >= 15 is 0 Å². The van der Waals surface area contributed by atoms with Gasteiger partial charge in [0.25, 0.3) is 0 Å². The van der Waals surface area contributed by atoms with Gasteiger partial charge in [-0.3, -0.25) is 0 Å². The normalized spacial score (nSPS) is 14.0. The fraction of sp³-hybridized carbons (Fsp3) is 0.172. The van der Waals surface area contributed by atoms with Gasteiger partial charge in [-0.2, -0.15) is 5.26 Å². The van der Waals surface area contributed by atoms with E-state index in [1.54, 1.807) is 54.6 Å². The molecule has 0 amide bonds. The number of esters is 1. The third kappa shape index (κ3) is 5.69. The van der Waals surface area contributed by atoms with Gasteiger partial charge in [-0.1, -0.05) is 36.4 Å². The van der Waals surface area contributed by atoms with Crippen LogP contribution in [0.1, 0.15) is 22.6 Å². The van der Waals surface area contributed by atoms with Crippen molar-refractivity contribution in [3.8, 4) is 34.8 Å². The number of fused-ring (bicyclic) bond motifs is 1. The summed E-state index contributed by atoms with van der Waals surface area (Å²) in [5.74, 6) is 0.981. The molecule has 1 unspecified atom stereocenters. The summed E-state index contributed by atoms with van der Waals surface area (Å²) in [7, 11) is 1.53. The lowest BCUT2D eigenvalue weighted by Crippen LogP contribution is -2.22. The number of ether oxygens (including phenoxy) is 5. The predicted molar refractivity (Wildman–Crippen MR) is 142 cm³/mol. The number of carbonyl (C=O) groups excluding carboxylic acids is 1. The summed E-state index contributed by atoms with van der Waals surface area (Å²) in [6.45, 7) is 5.50. The van der Waals surface area contributed by atoms with E-state index in [9.17, 15) is 10.1 Å². The third-order valence-electron chi connectivity index (χ3n) is 5.78. The molecule has 8 nitrogen and oxygen atoms in total. The number of methoxy groups -OCH3 is 1. The van der Waals surface area contributed by atoms with Crippen LogP contribution >= 0.6 is 11.6 Å². The van der Waals surface area contributed by atoms with Gasteiger partial charge in [0, 0.05) is 16.7 Å². The molecule has 3 aromatic carbocycles. The Kier molecular flexibility index (Phi) is 8.09. The predicted octanol–water partition coefficient (Wildman–Crippen LogP) is 5.42. The van der Waals surface area contributed by atoms with Crippen LogP contribution in [0.2, 0.25) is 5.02 Å². The van der Waals surface area contributed by atoms with Gasteiger partial charge in [0.05, 0.1) is 13.0 Å². The monoisotopic (exact) mass is 532 g/mol. The second kappa shape index (κ2) is 11.6. The molecule has 0 aliphatic carbocycles. The molecule has 1 heterocycles. The lowest BCUT2D eigenvalue weighted by atomic mass is 9.83. The molecule has 4 rings (SSSR count). The number of benzene rings is 3. The van der Waals surface area contributed by atoms with Gasteiger partial charge in [0.2, 0.25) is 5.88 Å². The largest absolute Gasteiger partial charge is 0.493 e. The molecule has 0 radical (unpaired) electrons. The minimum atomic E-state index is -0.604. The number of halogens is 1. The molecule has 0 spiro atoms. The first kappa shape index (κ1) is 26.5. The van der Waals surface area contributed by atoms with Crippen molar-refractivity contribution in [2.24, 2.45) is 5.73 Å². The smallest absolute Gasteiger partial charge is 0.349 e. The molecular weight excluding hydrogens is 508 g/mol. The molecule has 1 aliphatic rings. The quantitative estimate of drug-likeness (QED) is 0.221. The number of aryl methyl sites for hydroxylation is 1. The Balaban J connectivity index is 1.57. The van der Waals surface area contributed by atoms with E-state index in [4.69, 9.17) is 41.0 Å². The summed E-state index contributed by atoms with van der Waals surface area (Å²) in [5.41, 5.74) is 8.58. The molecule has 1 aliphatic heterocycles. The highest BCUT2D eigenvalue weighted by atomic mass is 35.5. The second-order valence-corrected chi connectivity index (χ2v) is 8.74. The van der Waals surface area contributed by atoms with Crippen molar-refractivity contribution in [3.05, 3.63) is 100 Å². The van der Waals surface area contributed by atoms with E-state index in [1.165, 1.54) is 7.11 Å². The van der Waals surface area contributed by atoms with Crippen LogP contribution in [0.15, 0.2) is 78.7 Å². The van der Waals surface area contributed by atoms with Crippen LogP contribution in [-0.4, -0.2) is 26.3 Å². The molecule has 0 fully saturated rings. The molecule has 38 heavy (non-hydrogen) atoms. The molecule has 0 saturated heterocycles. The Morgan fingerprint density at radius 3 is 2.63 bits per heavy atom. The Bertz CT molecular complexity index is 1460. The van der Waals surface area contributed by atoms with Crippen molar-refractivity contribution in [2.45, 2.75) is 12.8 Å². The van der Waals surface area contributed by atoms with E-state index in [0.29, 0.717) is 40.2 Å². The Hall–Kier alpha value is -4.61. The first-order valence-electron chi connectivity index (χ1n) is 11.6. The zero-order valence-corrected chi connectivity index (χ0v) is 21.6. The minimum absolute atomic E-state index is 0.0408. The topological polar surface area (TPSA) is 113 Å². The number of rotatable bonds is 9. The van der Waals surface area contributed by atoms with Crippen LogP contribution in [0.4, 0.5) is 0 Å². The summed E-state index contributed by atoms with van der Waals surface area (Å²) >= 11 is 5.96. The van der Waals surface area contributed by atoms with Crippen molar-refractivity contribution in [2.75, 3.05) is 20.3 Å². The summed E-state index contributed by atoms with van der Waals surface area (Å²) in [4.78, 5) is 12.4. The molecule has 194 valence electrons. The van der Waals surface area contributed by atoms with E-state index in [2.05, 4.69) is 12.6 Å². The SMILES string of the molecule is C=CCOc1ccc(C2C(C#N)=C(N)Oc3cc(OC(=O)COc4ccc(Cl)cc4C)ccc32)cc1OC. The standard InChI is InChI=1S/C29H25ClN2O6/c1-4-11-35-24-9-5-18(13-26(24)34-3)28-21-8-7-20(14-25(21)38-29(32)22(28)15-31)37-27(33)16-36-23-10-6-19(30)12-17(23)2/h4-10,12-14,28H,1,11,16,32H2,2-3H3. The van der Waals surface area contributed by atoms with Gasteiger partial charge in [-0.25, -0.2) is 4.79 Å². The maximum Gasteiger partial charge on any atom is 0.349 e. The van der Waals surface area contributed by atoms with Gasteiger partial charge >= 0.3 is 5.97 Å². The Morgan fingerprint density at radius 1 is 1.13 bits per heavy atom. The molecule has 3 aromatic rings. The highest BCUT2D eigenvalue weighted by Crippen LogP contribution is 2.45. The van der Waals surface area contributed by atoms with Crippen molar-refractivity contribution >= 4 is 17.6 Å². The van der Waals surface area contributed by atoms with E-state index in [-0.39, 0.29) is 23.8 Å². The van der Waals surface area contributed by atoms with Crippen LogP contribution < -0.4 is 29.4 Å². The number of nitrogens with two attached hydrogens (primary N) is 1. The first-order chi connectivity index (χ1) is 18.3. The number of allylic oxidation sites excluding steroid dienone is 1. The highest BCUT2D eigenvalue weighted by Gasteiger charge is 2.31. The highest BCUT2D eigenvalue weighted by molar-refractivity contribution is 6.30. The number of nitriles is 1. The average molecular weight is 533 g/mol. The molecular formula is C29H25ClN2O6. The van der Waals surface area contributed by atoms with Gasteiger partial charge in [-0.15, -0.1) is 0 Å². The van der Waals surface area contributed by atoms with Gasteiger partial charge in [0.1, 0.15) is 35.5 Å². The molecule has 2 N–H and O–H groups in total. The number of hydrogen-bond acceptors (Lipinski definition) is 8.